The Kier molecular flexibility index (Phi) is 6.33. The zero-order valence-corrected chi connectivity index (χ0v) is 13.5. The normalized spacial score (nSPS) is 17.6. The summed E-state index contributed by atoms with van der Waals surface area (Å²) in [6.07, 6.45) is 4.99. The van der Waals surface area contributed by atoms with Crippen LogP contribution in [0.15, 0.2) is 6.20 Å². The first-order valence-electron chi connectivity index (χ1n) is 8.24. The number of rotatable bonds is 7. The molecule has 1 atom stereocenters. The lowest BCUT2D eigenvalue weighted by atomic mass is 9.96. The lowest BCUT2D eigenvalue weighted by Crippen LogP contribution is -2.36. The first kappa shape index (κ1) is 16.9. The van der Waals surface area contributed by atoms with Crippen LogP contribution in [0.2, 0.25) is 0 Å². The van der Waals surface area contributed by atoms with Crippen molar-refractivity contribution in [2.24, 2.45) is 5.92 Å². The van der Waals surface area contributed by atoms with Crippen molar-refractivity contribution in [2.75, 3.05) is 19.6 Å². The quantitative estimate of drug-likeness (QED) is 0.690. The van der Waals surface area contributed by atoms with Gasteiger partial charge in [0.25, 0.3) is 5.91 Å². The Bertz CT molecular complexity index is 466. The number of carbonyl (C=O) groups is 1. The highest BCUT2D eigenvalue weighted by Crippen LogP contribution is 2.17. The Morgan fingerprint density at radius 1 is 1.45 bits per heavy atom. The number of piperidine rings is 1. The van der Waals surface area contributed by atoms with Gasteiger partial charge in [0.15, 0.2) is 5.69 Å². The summed E-state index contributed by atoms with van der Waals surface area (Å²) < 4.78 is 1.78. The fraction of sp³-hybridized carbons (Fsp3) is 0.800. The molecule has 0 aromatic carbocycles. The SMILES string of the molecule is CCC(CC)C(O)CNC(=O)c1cn(C2CCNCC2)nn1. The molecule has 1 amide bonds. The van der Waals surface area contributed by atoms with Gasteiger partial charge in [0.1, 0.15) is 0 Å². The predicted octanol–water partition coefficient (Wildman–Crippen LogP) is 0.730. The van der Waals surface area contributed by atoms with Crippen molar-refractivity contribution in [1.29, 1.82) is 0 Å². The van der Waals surface area contributed by atoms with Gasteiger partial charge in [-0.05, 0) is 31.8 Å². The Morgan fingerprint density at radius 3 is 2.77 bits per heavy atom. The lowest BCUT2D eigenvalue weighted by Gasteiger charge is -2.22. The molecule has 0 saturated carbocycles. The van der Waals surface area contributed by atoms with Gasteiger partial charge >= 0.3 is 0 Å². The molecule has 2 rings (SSSR count). The highest BCUT2D eigenvalue weighted by molar-refractivity contribution is 5.91. The largest absolute Gasteiger partial charge is 0.391 e. The summed E-state index contributed by atoms with van der Waals surface area (Å²) in [6, 6.07) is 0.311. The Labute approximate surface area is 131 Å². The van der Waals surface area contributed by atoms with E-state index in [1.807, 2.05) is 13.8 Å². The second kappa shape index (κ2) is 8.24. The maximum Gasteiger partial charge on any atom is 0.273 e. The number of nitrogens with one attached hydrogen (secondary N) is 2. The third-order valence-corrected chi connectivity index (χ3v) is 4.49. The van der Waals surface area contributed by atoms with Gasteiger partial charge in [-0.15, -0.1) is 5.10 Å². The standard InChI is InChI=1S/C15H27N5O2/c1-3-11(4-2)14(21)9-17-15(22)13-10-20(19-18-13)12-5-7-16-8-6-12/h10-12,14,16,21H,3-9H2,1-2H3,(H,17,22). The molecule has 22 heavy (non-hydrogen) atoms. The minimum atomic E-state index is -0.515. The van der Waals surface area contributed by atoms with Crippen molar-refractivity contribution in [3.63, 3.8) is 0 Å². The molecule has 7 heteroatoms. The summed E-state index contributed by atoms with van der Waals surface area (Å²) in [5, 5.41) is 24.1. The van der Waals surface area contributed by atoms with Crippen LogP contribution in [0.1, 0.15) is 56.1 Å². The minimum Gasteiger partial charge on any atom is -0.391 e. The lowest BCUT2D eigenvalue weighted by molar-refractivity contribution is 0.0813. The van der Waals surface area contributed by atoms with E-state index in [0.717, 1.165) is 38.8 Å². The number of amides is 1. The first-order valence-corrected chi connectivity index (χ1v) is 8.24. The molecule has 7 nitrogen and oxygen atoms in total. The van der Waals surface area contributed by atoms with Gasteiger partial charge in [0.05, 0.1) is 18.3 Å². The molecular formula is C15H27N5O2. The molecule has 2 heterocycles. The zero-order valence-electron chi connectivity index (χ0n) is 13.5. The van der Waals surface area contributed by atoms with Gasteiger partial charge in [-0.25, -0.2) is 4.68 Å². The monoisotopic (exact) mass is 309 g/mol. The second-order valence-corrected chi connectivity index (χ2v) is 5.92. The van der Waals surface area contributed by atoms with Crippen LogP contribution >= 0.6 is 0 Å². The molecule has 1 fully saturated rings. The summed E-state index contributed by atoms with van der Waals surface area (Å²) in [6.45, 7) is 6.28. The fourth-order valence-corrected chi connectivity index (χ4v) is 2.92. The zero-order chi connectivity index (χ0) is 15.9. The highest BCUT2D eigenvalue weighted by Gasteiger charge is 2.20. The molecule has 0 bridgehead atoms. The van der Waals surface area contributed by atoms with E-state index < -0.39 is 6.10 Å². The molecule has 1 aliphatic heterocycles. The van der Waals surface area contributed by atoms with Gasteiger partial charge in [-0.3, -0.25) is 4.79 Å². The van der Waals surface area contributed by atoms with Gasteiger partial charge in [0.2, 0.25) is 0 Å². The molecule has 3 N–H and O–H groups in total. The smallest absolute Gasteiger partial charge is 0.273 e. The van der Waals surface area contributed by atoms with E-state index in [-0.39, 0.29) is 18.4 Å². The molecule has 1 aromatic heterocycles. The van der Waals surface area contributed by atoms with E-state index in [9.17, 15) is 9.90 Å². The summed E-state index contributed by atoms with van der Waals surface area (Å²) in [5.41, 5.74) is 0.315. The average Bonchev–Trinajstić information content (AvgIpc) is 3.04. The number of carbonyl (C=O) groups excluding carboxylic acids is 1. The predicted molar refractivity (Wildman–Crippen MR) is 83.6 cm³/mol. The Morgan fingerprint density at radius 2 is 2.14 bits per heavy atom. The van der Waals surface area contributed by atoms with Crippen LogP contribution in [-0.4, -0.2) is 51.7 Å². The van der Waals surface area contributed by atoms with Crippen molar-refractivity contribution in [2.45, 2.75) is 51.7 Å². The number of aliphatic hydroxyl groups is 1. The van der Waals surface area contributed by atoms with Gasteiger partial charge in [0, 0.05) is 6.54 Å². The van der Waals surface area contributed by atoms with Gasteiger partial charge in [-0.1, -0.05) is 31.9 Å². The Hall–Kier alpha value is -1.47. The van der Waals surface area contributed by atoms with E-state index in [2.05, 4.69) is 20.9 Å². The van der Waals surface area contributed by atoms with Crippen molar-refractivity contribution < 1.29 is 9.90 Å². The number of aliphatic hydroxyl groups excluding tert-OH is 1. The summed E-state index contributed by atoms with van der Waals surface area (Å²) in [4.78, 5) is 12.1. The molecule has 0 spiro atoms. The van der Waals surface area contributed by atoms with Crippen LogP contribution in [0, 0.1) is 5.92 Å². The van der Waals surface area contributed by atoms with Crippen LogP contribution in [0.3, 0.4) is 0 Å². The van der Waals surface area contributed by atoms with Crippen LogP contribution < -0.4 is 10.6 Å². The van der Waals surface area contributed by atoms with Crippen molar-refractivity contribution in [3.05, 3.63) is 11.9 Å². The van der Waals surface area contributed by atoms with Gasteiger partial charge in [-0.2, -0.15) is 0 Å². The maximum atomic E-state index is 12.1. The van der Waals surface area contributed by atoms with Gasteiger partial charge < -0.3 is 15.7 Å². The third kappa shape index (κ3) is 4.27. The van der Waals surface area contributed by atoms with Crippen molar-refractivity contribution in [3.8, 4) is 0 Å². The molecule has 1 aliphatic rings. The number of aromatic nitrogens is 3. The molecule has 124 valence electrons. The molecule has 1 unspecified atom stereocenters. The first-order chi connectivity index (χ1) is 10.7. The van der Waals surface area contributed by atoms with Crippen LogP contribution in [0.25, 0.3) is 0 Å². The van der Waals surface area contributed by atoms with E-state index in [4.69, 9.17) is 0 Å². The minimum absolute atomic E-state index is 0.214. The second-order valence-electron chi connectivity index (χ2n) is 5.92. The Balaban J connectivity index is 1.86. The topological polar surface area (TPSA) is 92.1 Å². The van der Waals surface area contributed by atoms with E-state index >= 15 is 0 Å². The fourth-order valence-electron chi connectivity index (χ4n) is 2.92. The summed E-state index contributed by atoms with van der Waals surface area (Å²) in [5.74, 6) is -0.0593. The molecule has 0 aliphatic carbocycles. The van der Waals surface area contributed by atoms with Crippen molar-refractivity contribution >= 4 is 5.91 Å². The number of hydrogen-bond donors (Lipinski definition) is 3. The molecule has 1 aromatic rings. The number of hydrogen-bond acceptors (Lipinski definition) is 5. The highest BCUT2D eigenvalue weighted by atomic mass is 16.3. The number of nitrogens with zero attached hydrogens (tertiary/aromatic N) is 3. The van der Waals surface area contributed by atoms with Crippen molar-refractivity contribution in [1.82, 2.24) is 25.6 Å². The van der Waals surface area contributed by atoms with Crippen LogP contribution in [-0.2, 0) is 0 Å². The molecule has 1 saturated heterocycles. The third-order valence-electron chi connectivity index (χ3n) is 4.49. The summed E-state index contributed by atoms with van der Waals surface area (Å²) >= 11 is 0. The van der Waals surface area contributed by atoms with Crippen LogP contribution in [0.5, 0.6) is 0 Å². The van der Waals surface area contributed by atoms with E-state index in [1.165, 1.54) is 0 Å². The maximum absolute atomic E-state index is 12.1. The van der Waals surface area contributed by atoms with Crippen LogP contribution in [0.4, 0.5) is 0 Å². The van der Waals surface area contributed by atoms with E-state index in [1.54, 1.807) is 10.9 Å². The van der Waals surface area contributed by atoms with E-state index in [0.29, 0.717) is 11.7 Å². The molecular weight excluding hydrogens is 282 g/mol. The average molecular weight is 309 g/mol. The summed E-state index contributed by atoms with van der Waals surface area (Å²) in [7, 11) is 0. The molecule has 0 radical (unpaired) electrons.